The first kappa shape index (κ1) is 17.9. The van der Waals surface area contributed by atoms with Crippen LogP contribution < -0.4 is 9.80 Å². The van der Waals surface area contributed by atoms with E-state index in [1.165, 1.54) is 23.3 Å². The van der Waals surface area contributed by atoms with E-state index < -0.39 is 5.79 Å². The van der Waals surface area contributed by atoms with Gasteiger partial charge < -0.3 is 14.4 Å². The van der Waals surface area contributed by atoms with Crippen molar-refractivity contribution >= 4 is 11.6 Å². The molecule has 0 aromatic heterocycles. The molecule has 0 unspecified atom stereocenters. The van der Waals surface area contributed by atoms with E-state index >= 15 is 0 Å². The highest BCUT2D eigenvalue weighted by Crippen LogP contribution is 2.45. The lowest BCUT2D eigenvalue weighted by Gasteiger charge is -2.32. The molecular formula is C23H27N2O3+. The van der Waals surface area contributed by atoms with E-state index in [4.69, 9.17) is 9.47 Å². The number of benzene rings is 2. The number of nitrogens with one attached hydrogen (secondary N) is 1. The van der Waals surface area contributed by atoms with Crippen molar-refractivity contribution in [2.24, 2.45) is 5.92 Å². The van der Waals surface area contributed by atoms with E-state index in [1.54, 1.807) is 0 Å². The number of nitrogens with zero attached hydrogens (tertiary/aromatic N) is 1. The van der Waals surface area contributed by atoms with Gasteiger partial charge >= 0.3 is 0 Å². The van der Waals surface area contributed by atoms with Crippen LogP contribution in [0.15, 0.2) is 54.6 Å². The molecular weight excluding hydrogens is 352 g/mol. The largest absolute Gasteiger partial charge is 0.336 e. The Morgan fingerprint density at radius 1 is 0.964 bits per heavy atom. The van der Waals surface area contributed by atoms with Gasteiger partial charge in [0, 0.05) is 5.56 Å². The summed E-state index contributed by atoms with van der Waals surface area (Å²) in [5, 5.41) is 0. The maximum atomic E-state index is 13.2. The molecule has 5 rings (SSSR count). The first-order valence-electron chi connectivity index (χ1n) is 10.3. The first-order chi connectivity index (χ1) is 13.8. The van der Waals surface area contributed by atoms with Gasteiger partial charge in [-0.3, -0.25) is 9.69 Å². The molecule has 3 aliphatic heterocycles. The number of para-hydroxylation sites is 1. The molecule has 0 radical (unpaired) electrons. The average molecular weight is 379 g/mol. The minimum absolute atomic E-state index is 0.0647. The molecule has 1 spiro atoms. The van der Waals surface area contributed by atoms with Crippen molar-refractivity contribution in [2.75, 3.05) is 37.9 Å². The number of hydrogen-bond acceptors (Lipinski definition) is 3. The van der Waals surface area contributed by atoms with E-state index in [0.717, 1.165) is 36.7 Å². The Hall–Kier alpha value is -2.21. The molecule has 0 bridgehead atoms. The summed E-state index contributed by atoms with van der Waals surface area (Å²) in [6, 6.07) is 18.7. The summed E-state index contributed by atoms with van der Waals surface area (Å²) >= 11 is 0. The third kappa shape index (κ3) is 3.04. The number of carbonyl (C=O) groups is 1. The number of anilines is 1. The van der Waals surface area contributed by atoms with Crippen LogP contribution in [-0.4, -0.2) is 38.9 Å². The van der Waals surface area contributed by atoms with E-state index in [9.17, 15) is 4.79 Å². The molecule has 0 atom stereocenters. The molecule has 1 amide bonds. The van der Waals surface area contributed by atoms with Crippen LogP contribution in [0.5, 0.6) is 0 Å². The van der Waals surface area contributed by atoms with E-state index in [1.807, 2.05) is 29.2 Å². The summed E-state index contributed by atoms with van der Waals surface area (Å²) in [6.07, 6.45) is 3.56. The summed E-state index contributed by atoms with van der Waals surface area (Å²) < 4.78 is 11.6. The number of amides is 1. The lowest BCUT2D eigenvalue weighted by atomic mass is 9.90. The maximum Gasteiger partial charge on any atom is 0.296 e. The highest BCUT2D eigenvalue weighted by Gasteiger charge is 2.56. The van der Waals surface area contributed by atoms with Crippen LogP contribution in [0.2, 0.25) is 0 Å². The van der Waals surface area contributed by atoms with Gasteiger partial charge in [0.25, 0.3) is 11.7 Å². The zero-order valence-electron chi connectivity index (χ0n) is 16.1. The highest BCUT2D eigenvalue weighted by molar-refractivity contribution is 6.06. The Morgan fingerprint density at radius 2 is 1.64 bits per heavy atom. The predicted octanol–water partition coefficient (Wildman–Crippen LogP) is 1.73. The maximum absolute atomic E-state index is 13.2. The van der Waals surface area contributed by atoms with Gasteiger partial charge in [0.05, 0.1) is 32.0 Å². The predicted molar refractivity (Wildman–Crippen MR) is 106 cm³/mol. The number of ether oxygens (including phenoxy) is 2. The summed E-state index contributed by atoms with van der Waals surface area (Å²) in [6.45, 7) is 3.80. The summed E-state index contributed by atoms with van der Waals surface area (Å²) in [5.41, 5.74) is 3.22. The second-order valence-electron chi connectivity index (χ2n) is 8.11. The van der Waals surface area contributed by atoms with Crippen LogP contribution >= 0.6 is 0 Å². The zero-order valence-corrected chi connectivity index (χ0v) is 16.1. The van der Waals surface area contributed by atoms with Gasteiger partial charge in [-0.1, -0.05) is 48.5 Å². The molecule has 28 heavy (non-hydrogen) atoms. The fourth-order valence-corrected chi connectivity index (χ4v) is 4.86. The van der Waals surface area contributed by atoms with Crippen LogP contribution in [0.3, 0.4) is 0 Å². The summed E-state index contributed by atoms with van der Waals surface area (Å²) in [5.74, 6) is -0.535. The Labute approximate surface area is 165 Å². The van der Waals surface area contributed by atoms with Crippen LogP contribution in [0.4, 0.5) is 5.69 Å². The smallest absolute Gasteiger partial charge is 0.296 e. The normalized spacial score (nSPS) is 26.0. The highest BCUT2D eigenvalue weighted by atomic mass is 16.7. The third-order valence-corrected chi connectivity index (χ3v) is 6.33. The van der Waals surface area contributed by atoms with Gasteiger partial charge in [-0.2, -0.15) is 0 Å². The van der Waals surface area contributed by atoms with Gasteiger partial charge in [0.2, 0.25) is 0 Å². The Morgan fingerprint density at radius 3 is 2.39 bits per heavy atom. The second kappa shape index (κ2) is 7.32. The molecule has 2 aromatic rings. The van der Waals surface area contributed by atoms with Crippen LogP contribution in [-0.2, 0) is 26.5 Å². The standard InChI is InChI=1S/C23H26N2O3/c26-22-23(27-14-15-28-23)20-8-4-5-9-21(20)25(22)17-24-12-10-19(11-13-24)16-18-6-2-1-3-7-18/h1-9,19H,10-17H2/p+1. The monoisotopic (exact) mass is 379 g/mol. The van der Waals surface area contributed by atoms with Crippen molar-refractivity contribution in [1.29, 1.82) is 0 Å². The molecule has 2 aromatic carbocycles. The number of rotatable bonds is 4. The Kier molecular flexibility index (Phi) is 4.67. The quantitative estimate of drug-likeness (QED) is 0.880. The van der Waals surface area contributed by atoms with E-state index in [-0.39, 0.29) is 5.91 Å². The van der Waals surface area contributed by atoms with Crippen molar-refractivity contribution in [3.05, 3.63) is 65.7 Å². The molecule has 5 heteroatoms. The van der Waals surface area contributed by atoms with E-state index in [2.05, 4.69) is 30.3 Å². The van der Waals surface area contributed by atoms with Crippen molar-refractivity contribution < 1.29 is 19.2 Å². The lowest BCUT2D eigenvalue weighted by Crippen LogP contribution is -3.14. The number of quaternary nitrogens is 1. The SMILES string of the molecule is O=C1N(C[NH+]2CCC(Cc3ccccc3)CC2)c2ccccc2C12OCCO2. The van der Waals surface area contributed by atoms with Crippen molar-refractivity contribution in [3.8, 4) is 0 Å². The number of likely N-dealkylation sites (tertiary alicyclic amines) is 1. The Bertz CT molecular complexity index is 840. The fraction of sp³-hybridized carbons (Fsp3) is 0.435. The van der Waals surface area contributed by atoms with Gasteiger partial charge in [-0.15, -0.1) is 0 Å². The molecule has 3 heterocycles. The molecule has 146 valence electrons. The van der Waals surface area contributed by atoms with Crippen molar-refractivity contribution in [2.45, 2.75) is 25.0 Å². The molecule has 1 N–H and O–H groups in total. The number of fused-ring (bicyclic) bond motifs is 2. The third-order valence-electron chi connectivity index (χ3n) is 6.33. The number of hydrogen-bond donors (Lipinski definition) is 1. The second-order valence-corrected chi connectivity index (χ2v) is 8.11. The average Bonchev–Trinajstić information content (AvgIpc) is 3.32. The van der Waals surface area contributed by atoms with Crippen LogP contribution in [0, 0.1) is 5.92 Å². The molecule has 5 nitrogen and oxygen atoms in total. The van der Waals surface area contributed by atoms with E-state index in [0.29, 0.717) is 19.9 Å². The van der Waals surface area contributed by atoms with Gasteiger partial charge in [0.15, 0.2) is 6.67 Å². The van der Waals surface area contributed by atoms with Gasteiger partial charge in [-0.05, 0) is 36.8 Å². The van der Waals surface area contributed by atoms with Crippen LogP contribution in [0.1, 0.15) is 24.0 Å². The molecule has 0 saturated carbocycles. The molecule has 2 saturated heterocycles. The van der Waals surface area contributed by atoms with Gasteiger partial charge in [0.1, 0.15) is 0 Å². The lowest BCUT2D eigenvalue weighted by molar-refractivity contribution is -0.904. The molecule has 0 aliphatic carbocycles. The minimum atomic E-state index is -1.21. The van der Waals surface area contributed by atoms with Crippen molar-refractivity contribution in [1.82, 2.24) is 0 Å². The summed E-state index contributed by atoms with van der Waals surface area (Å²) in [7, 11) is 0. The fourth-order valence-electron chi connectivity index (χ4n) is 4.86. The molecule has 2 fully saturated rings. The summed E-state index contributed by atoms with van der Waals surface area (Å²) in [4.78, 5) is 16.6. The topological polar surface area (TPSA) is 43.2 Å². The van der Waals surface area contributed by atoms with Gasteiger partial charge in [-0.25, -0.2) is 0 Å². The Balaban J connectivity index is 1.25. The number of piperidine rings is 1. The van der Waals surface area contributed by atoms with Crippen molar-refractivity contribution in [3.63, 3.8) is 0 Å². The first-order valence-corrected chi connectivity index (χ1v) is 10.3. The van der Waals surface area contributed by atoms with Crippen LogP contribution in [0.25, 0.3) is 0 Å². The minimum Gasteiger partial charge on any atom is -0.336 e. The molecule has 3 aliphatic rings. The zero-order chi connectivity index (χ0) is 19.0. The number of carbonyl (C=O) groups excluding carboxylic acids is 1.